The van der Waals surface area contributed by atoms with E-state index < -0.39 is 19.0 Å². The van der Waals surface area contributed by atoms with E-state index >= 15 is 0 Å². The van der Waals surface area contributed by atoms with Gasteiger partial charge in [0.1, 0.15) is 5.76 Å². The third-order valence-corrected chi connectivity index (χ3v) is 5.05. The zero-order valence-corrected chi connectivity index (χ0v) is 9.82. The second-order valence-electron chi connectivity index (χ2n) is 2.63. The Morgan fingerprint density at radius 1 is 1.43 bits per heavy atom. The molecule has 0 amide bonds. The monoisotopic (exact) mass is 257 g/mol. The first-order valence-corrected chi connectivity index (χ1v) is 7.63. The van der Waals surface area contributed by atoms with Crippen molar-refractivity contribution in [2.45, 2.75) is 11.8 Å². The highest BCUT2D eigenvalue weighted by atomic mass is 35.7. The summed E-state index contributed by atoms with van der Waals surface area (Å²) >= 11 is 0. The summed E-state index contributed by atoms with van der Waals surface area (Å²) < 4.78 is 41.0. The van der Waals surface area contributed by atoms with E-state index in [2.05, 4.69) is 3.77 Å². The first kappa shape index (κ1) is 11.5. The van der Waals surface area contributed by atoms with E-state index in [1.54, 1.807) is 6.92 Å². The van der Waals surface area contributed by atoms with Gasteiger partial charge in [0.05, 0.1) is 20.9 Å². The largest absolute Gasteiger partial charge is 0.468 e. The average Bonchev–Trinajstić information content (AvgIpc) is 2.29. The van der Waals surface area contributed by atoms with Crippen LogP contribution in [-0.2, 0) is 19.0 Å². The first-order chi connectivity index (χ1) is 6.22. The molecule has 80 valence electrons. The van der Waals surface area contributed by atoms with Gasteiger partial charge in [-0.2, -0.15) is 8.42 Å². The second-order valence-corrected chi connectivity index (χ2v) is 7.27. The van der Waals surface area contributed by atoms with Crippen molar-refractivity contribution in [1.82, 2.24) is 0 Å². The fourth-order valence-electron chi connectivity index (χ4n) is 0.976. The molecule has 14 heavy (non-hydrogen) atoms. The van der Waals surface area contributed by atoms with E-state index in [-0.39, 0.29) is 4.90 Å². The van der Waals surface area contributed by atoms with Crippen LogP contribution in [0.5, 0.6) is 0 Å². The number of nitrogens with zero attached hydrogens (tertiary/aromatic N) is 1. The van der Waals surface area contributed by atoms with Gasteiger partial charge in [-0.15, -0.1) is 0 Å². The van der Waals surface area contributed by atoms with E-state index in [4.69, 9.17) is 15.1 Å². The number of rotatable bonds is 2. The van der Waals surface area contributed by atoms with Gasteiger partial charge in [-0.25, -0.2) is 4.21 Å². The molecule has 0 spiro atoms. The van der Waals surface area contributed by atoms with Gasteiger partial charge >= 0.3 is 9.24 Å². The minimum atomic E-state index is -4.14. The molecule has 0 aromatic carbocycles. The third kappa shape index (κ3) is 2.73. The SMILES string of the molecule is Cc1occc1[S@@](C)(=O)=NS(=O)(=O)Cl. The zero-order valence-electron chi connectivity index (χ0n) is 7.43. The summed E-state index contributed by atoms with van der Waals surface area (Å²) in [5, 5.41) is 0. The predicted molar refractivity (Wildman–Crippen MR) is 53.0 cm³/mol. The van der Waals surface area contributed by atoms with Gasteiger partial charge in [-0.05, 0) is 13.0 Å². The molecule has 0 aliphatic heterocycles. The van der Waals surface area contributed by atoms with Crippen molar-refractivity contribution in [2.24, 2.45) is 3.77 Å². The van der Waals surface area contributed by atoms with Crippen LogP contribution in [0.3, 0.4) is 0 Å². The third-order valence-electron chi connectivity index (χ3n) is 1.45. The number of furan rings is 1. The quantitative estimate of drug-likeness (QED) is 0.753. The maximum absolute atomic E-state index is 11.8. The maximum atomic E-state index is 11.8. The lowest BCUT2D eigenvalue weighted by molar-refractivity contribution is 0.525. The lowest BCUT2D eigenvalue weighted by Gasteiger charge is -1.99. The smallest absolute Gasteiger partial charge is 0.347 e. The molecule has 0 radical (unpaired) electrons. The van der Waals surface area contributed by atoms with Crippen LogP contribution in [0.15, 0.2) is 25.4 Å². The molecule has 0 saturated carbocycles. The Hall–Kier alpha value is -0.530. The van der Waals surface area contributed by atoms with Crippen LogP contribution in [0.2, 0.25) is 0 Å². The number of hydrogen-bond acceptors (Lipinski definition) is 4. The lowest BCUT2D eigenvalue weighted by Crippen LogP contribution is -2.00. The average molecular weight is 258 g/mol. The highest BCUT2D eigenvalue weighted by molar-refractivity contribution is 8.17. The van der Waals surface area contributed by atoms with E-state index in [9.17, 15) is 12.6 Å². The topological polar surface area (TPSA) is 76.7 Å². The summed E-state index contributed by atoms with van der Waals surface area (Å²) in [7, 11) is -2.31. The van der Waals surface area contributed by atoms with Crippen LogP contribution in [0, 0.1) is 6.92 Å². The Morgan fingerprint density at radius 2 is 2.00 bits per heavy atom. The van der Waals surface area contributed by atoms with Gasteiger partial charge in [0, 0.05) is 16.9 Å². The molecular formula is C6H8ClNO4S2. The minimum absolute atomic E-state index is 0.238. The van der Waals surface area contributed by atoms with Crippen LogP contribution >= 0.6 is 10.7 Å². The number of aryl methyl sites for hydroxylation is 1. The van der Waals surface area contributed by atoms with Crippen LogP contribution in [-0.4, -0.2) is 18.9 Å². The van der Waals surface area contributed by atoms with E-state index in [1.807, 2.05) is 0 Å². The number of halogens is 1. The second kappa shape index (κ2) is 3.56. The van der Waals surface area contributed by atoms with Crippen LogP contribution < -0.4 is 0 Å². The molecule has 0 saturated heterocycles. The fourth-order valence-corrected chi connectivity index (χ4v) is 4.51. The zero-order chi connectivity index (χ0) is 11.0. The Balaban J connectivity index is 3.44. The van der Waals surface area contributed by atoms with Crippen molar-refractivity contribution in [1.29, 1.82) is 0 Å². The molecular weight excluding hydrogens is 250 g/mol. The predicted octanol–water partition coefficient (Wildman–Crippen LogP) is 1.53. The highest BCUT2D eigenvalue weighted by Crippen LogP contribution is 2.19. The maximum Gasteiger partial charge on any atom is 0.347 e. The van der Waals surface area contributed by atoms with Crippen molar-refractivity contribution in [3.8, 4) is 0 Å². The van der Waals surface area contributed by atoms with Crippen molar-refractivity contribution < 1.29 is 17.0 Å². The fraction of sp³-hybridized carbons (Fsp3) is 0.333. The van der Waals surface area contributed by atoms with Crippen molar-refractivity contribution in [2.75, 3.05) is 6.26 Å². The Bertz CT molecular complexity index is 550. The van der Waals surface area contributed by atoms with Crippen LogP contribution in [0.4, 0.5) is 0 Å². The summed E-state index contributed by atoms with van der Waals surface area (Å²) in [6.45, 7) is 1.56. The van der Waals surface area contributed by atoms with Gasteiger partial charge in [-0.1, -0.05) is 3.77 Å². The molecule has 1 heterocycles. The summed E-state index contributed by atoms with van der Waals surface area (Å²) in [6.07, 6.45) is 2.50. The highest BCUT2D eigenvalue weighted by Gasteiger charge is 2.15. The first-order valence-electron chi connectivity index (χ1n) is 3.44. The lowest BCUT2D eigenvalue weighted by atomic mass is 10.5. The Kier molecular flexibility index (Phi) is 2.93. The van der Waals surface area contributed by atoms with Crippen molar-refractivity contribution in [3.63, 3.8) is 0 Å². The van der Waals surface area contributed by atoms with Gasteiger partial charge in [0.15, 0.2) is 0 Å². The van der Waals surface area contributed by atoms with E-state index in [0.717, 1.165) is 0 Å². The van der Waals surface area contributed by atoms with E-state index in [1.165, 1.54) is 18.6 Å². The van der Waals surface area contributed by atoms with Crippen molar-refractivity contribution >= 4 is 29.6 Å². The molecule has 1 aromatic heterocycles. The van der Waals surface area contributed by atoms with Crippen LogP contribution in [0.1, 0.15) is 5.76 Å². The summed E-state index contributed by atoms with van der Waals surface area (Å²) in [6, 6.07) is 1.41. The minimum Gasteiger partial charge on any atom is -0.468 e. The molecule has 0 aliphatic carbocycles. The summed E-state index contributed by atoms with van der Waals surface area (Å²) in [4.78, 5) is 0.238. The molecule has 1 aromatic rings. The normalized spacial score (nSPS) is 16.2. The molecule has 0 fully saturated rings. The van der Waals surface area contributed by atoms with Gasteiger partial charge in [-0.3, -0.25) is 0 Å². The molecule has 8 heteroatoms. The molecule has 5 nitrogen and oxygen atoms in total. The van der Waals surface area contributed by atoms with Crippen molar-refractivity contribution in [3.05, 3.63) is 18.1 Å². The van der Waals surface area contributed by atoms with Gasteiger partial charge in [0.25, 0.3) is 0 Å². The van der Waals surface area contributed by atoms with Crippen LogP contribution in [0.25, 0.3) is 0 Å². The summed E-state index contributed by atoms with van der Waals surface area (Å²) in [5.41, 5.74) is 0. The van der Waals surface area contributed by atoms with Gasteiger partial charge < -0.3 is 4.42 Å². The molecule has 0 bridgehead atoms. The van der Waals surface area contributed by atoms with E-state index in [0.29, 0.717) is 5.76 Å². The number of hydrogen-bond donors (Lipinski definition) is 0. The Labute approximate surface area is 86.8 Å². The Morgan fingerprint density at radius 3 is 2.36 bits per heavy atom. The molecule has 0 aliphatic rings. The molecule has 1 atom stereocenters. The standard InChI is InChI=1S/C6H8ClNO4S2/c1-5-6(3-4-12-5)13(2,9)8-14(7,10)11/h3-4H,1-2H3/t13-/m1/s1. The molecule has 0 unspecified atom stereocenters. The van der Waals surface area contributed by atoms with Gasteiger partial charge in [0.2, 0.25) is 0 Å². The molecule has 0 N–H and O–H groups in total. The summed E-state index contributed by atoms with van der Waals surface area (Å²) in [5.74, 6) is 0.363. The molecule has 1 rings (SSSR count).